The van der Waals surface area contributed by atoms with Crippen molar-refractivity contribution in [3.63, 3.8) is 0 Å². The standard InChI is InChI=1S/C21H15Cl2N3S/c22-17-9-6-10-18(23)16(17)13-24-25-21-26(14-15-7-2-1-3-8-15)19-11-4-5-12-20(19)27-21/h1-13H,14H2/b24-13?,25-21-. The van der Waals surface area contributed by atoms with Crippen molar-refractivity contribution in [3.05, 3.63) is 98.8 Å². The van der Waals surface area contributed by atoms with Crippen molar-refractivity contribution in [2.45, 2.75) is 6.54 Å². The minimum absolute atomic E-state index is 0.551. The highest BCUT2D eigenvalue weighted by Crippen LogP contribution is 2.22. The highest BCUT2D eigenvalue weighted by atomic mass is 35.5. The van der Waals surface area contributed by atoms with Crippen LogP contribution in [0.15, 0.2) is 83.0 Å². The Morgan fingerprint density at radius 3 is 2.33 bits per heavy atom. The van der Waals surface area contributed by atoms with Crippen LogP contribution in [-0.4, -0.2) is 10.8 Å². The maximum Gasteiger partial charge on any atom is 0.211 e. The first-order chi connectivity index (χ1) is 13.2. The van der Waals surface area contributed by atoms with Gasteiger partial charge in [0.25, 0.3) is 0 Å². The third-order valence-corrected chi connectivity index (χ3v) is 5.81. The van der Waals surface area contributed by atoms with Crippen LogP contribution in [0.5, 0.6) is 0 Å². The van der Waals surface area contributed by atoms with E-state index >= 15 is 0 Å². The third kappa shape index (κ3) is 3.98. The van der Waals surface area contributed by atoms with Gasteiger partial charge in [0.05, 0.1) is 33.0 Å². The van der Waals surface area contributed by atoms with Crippen molar-refractivity contribution in [2.24, 2.45) is 10.2 Å². The zero-order valence-corrected chi connectivity index (χ0v) is 16.5. The van der Waals surface area contributed by atoms with E-state index < -0.39 is 0 Å². The van der Waals surface area contributed by atoms with Crippen LogP contribution in [0.1, 0.15) is 11.1 Å². The molecule has 0 spiro atoms. The Morgan fingerprint density at radius 2 is 1.56 bits per heavy atom. The average Bonchev–Trinajstić information content (AvgIpc) is 3.02. The van der Waals surface area contributed by atoms with Gasteiger partial charge in [-0.05, 0) is 29.8 Å². The van der Waals surface area contributed by atoms with Gasteiger partial charge < -0.3 is 4.57 Å². The second-order valence-electron chi connectivity index (χ2n) is 5.90. The Kier molecular flexibility index (Phi) is 5.39. The fourth-order valence-electron chi connectivity index (χ4n) is 2.79. The molecule has 27 heavy (non-hydrogen) atoms. The number of benzene rings is 3. The van der Waals surface area contributed by atoms with Crippen LogP contribution in [0.4, 0.5) is 0 Å². The number of fused-ring (bicyclic) bond motifs is 1. The minimum atomic E-state index is 0.551. The largest absolute Gasteiger partial charge is 0.311 e. The van der Waals surface area contributed by atoms with Gasteiger partial charge in [-0.1, -0.05) is 83.1 Å². The number of halogens is 2. The van der Waals surface area contributed by atoms with Crippen molar-refractivity contribution in [3.8, 4) is 0 Å². The van der Waals surface area contributed by atoms with Crippen molar-refractivity contribution in [1.82, 2.24) is 4.57 Å². The van der Waals surface area contributed by atoms with Crippen LogP contribution in [0.2, 0.25) is 10.0 Å². The Labute approximate surface area is 170 Å². The van der Waals surface area contributed by atoms with E-state index in [0.717, 1.165) is 21.6 Å². The zero-order chi connectivity index (χ0) is 18.6. The summed E-state index contributed by atoms with van der Waals surface area (Å²) in [6.07, 6.45) is 1.60. The monoisotopic (exact) mass is 411 g/mol. The molecule has 4 aromatic rings. The quantitative estimate of drug-likeness (QED) is 0.291. The molecule has 0 fully saturated rings. The summed E-state index contributed by atoms with van der Waals surface area (Å²) >= 11 is 14.0. The Bertz CT molecular complexity index is 1160. The van der Waals surface area contributed by atoms with E-state index in [1.807, 2.05) is 30.3 Å². The van der Waals surface area contributed by atoms with Gasteiger partial charge in [-0.2, -0.15) is 5.10 Å². The fraction of sp³-hybridized carbons (Fsp3) is 0.0476. The summed E-state index contributed by atoms with van der Waals surface area (Å²) in [4.78, 5) is 0.819. The molecule has 0 bridgehead atoms. The normalized spacial score (nSPS) is 12.3. The van der Waals surface area contributed by atoms with Crippen LogP contribution in [0.3, 0.4) is 0 Å². The zero-order valence-electron chi connectivity index (χ0n) is 14.2. The molecular weight excluding hydrogens is 397 g/mol. The summed E-state index contributed by atoms with van der Waals surface area (Å²) in [5.74, 6) is 0. The highest BCUT2D eigenvalue weighted by molar-refractivity contribution is 7.16. The van der Waals surface area contributed by atoms with E-state index in [2.05, 4.69) is 39.0 Å². The summed E-state index contributed by atoms with van der Waals surface area (Å²) in [6.45, 7) is 0.728. The van der Waals surface area contributed by atoms with Gasteiger partial charge in [-0.3, -0.25) is 0 Å². The van der Waals surface area contributed by atoms with Gasteiger partial charge in [-0.15, -0.1) is 5.10 Å². The number of nitrogens with zero attached hydrogens (tertiary/aromatic N) is 3. The summed E-state index contributed by atoms with van der Waals surface area (Å²) in [5, 5.41) is 9.80. The molecule has 0 amide bonds. The average molecular weight is 412 g/mol. The van der Waals surface area contributed by atoms with E-state index in [0.29, 0.717) is 15.6 Å². The van der Waals surface area contributed by atoms with Crippen molar-refractivity contribution in [2.75, 3.05) is 0 Å². The molecule has 1 heterocycles. The third-order valence-electron chi connectivity index (χ3n) is 4.10. The number of hydrogen-bond acceptors (Lipinski definition) is 3. The van der Waals surface area contributed by atoms with Crippen molar-refractivity contribution >= 4 is 51.0 Å². The number of thiazole rings is 1. The summed E-state index contributed by atoms with van der Waals surface area (Å²) in [7, 11) is 0. The number of para-hydroxylation sites is 1. The second-order valence-corrected chi connectivity index (χ2v) is 7.73. The van der Waals surface area contributed by atoms with Crippen LogP contribution < -0.4 is 4.80 Å². The first-order valence-electron chi connectivity index (χ1n) is 8.36. The van der Waals surface area contributed by atoms with Crippen LogP contribution in [-0.2, 0) is 6.54 Å². The van der Waals surface area contributed by atoms with Gasteiger partial charge in [0.1, 0.15) is 0 Å². The van der Waals surface area contributed by atoms with Gasteiger partial charge in [0.15, 0.2) is 0 Å². The lowest BCUT2D eigenvalue weighted by Gasteiger charge is -2.05. The van der Waals surface area contributed by atoms with E-state index in [9.17, 15) is 0 Å². The number of hydrogen-bond donors (Lipinski definition) is 0. The highest BCUT2D eigenvalue weighted by Gasteiger charge is 2.06. The molecule has 6 heteroatoms. The second kappa shape index (κ2) is 8.09. The first-order valence-corrected chi connectivity index (χ1v) is 9.93. The molecule has 0 atom stereocenters. The van der Waals surface area contributed by atoms with Gasteiger partial charge >= 0.3 is 0 Å². The molecule has 0 aliphatic rings. The maximum atomic E-state index is 6.19. The number of rotatable bonds is 4. The van der Waals surface area contributed by atoms with Gasteiger partial charge in [-0.25, -0.2) is 0 Å². The SMILES string of the molecule is Clc1cccc(Cl)c1C=N/N=c1\sc2ccccc2n1Cc1ccccc1. The predicted molar refractivity (Wildman–Crippen MR) is 115 cm³/mol. The molecule has 3 aromatic carbocycles. The van der Waals surface area contributed by atoms with E-state index in [4.69, 9.17) is 23.2 Å². The smallest absolute Gasteiger partial charge is 0.211 e. The molecule has 0 saturated carbocycles. The molecule has 4 rings (SSSR count). The summed E-state index contributed by atoms with van der Waals surface area (Å²) < 4.78 is 3.33. The predicted octanol–water partition coefficient (Wildman–Crippen LogP) is 5.99. The van der Waals surface area contributed by atoms with Gasteiger partial charge in [0, 0.05) is 5.56 Å². The van der Waals surface area contributed by atoms with Crippen molar-refractivity contribution in [1.29, 1.82) is 0 Å². The van der Waals surface area contributed by atoms with E-state index in [1.54, 1.807) is 35.8 Å². The van der Waals surface area contributed by atoms with Crippen LogP contribution in [0, 0.1) is 0 Å². The topological polar surface area (TPSA) is 29.6 Å². The lowest BCUT2D eigenvalue weighted by atomic mass is 10.2. The molecule has 3 nitrogen and oxygen atoms in total. The lowest BCUT2D eigenvalue weighted by Crippen LogP contribution is -2.15. The maximum absolute atomic E-state index is 6.19. The molecule has 134 valence electrons. The molecule has 0 saturated heterocycles. The summed E-state index contributed by atoms with van der Waals surface area (Å²) in [5.41, 5.74) is 3.01. The Hall–Kier alpha value is -2.40. The molecule has 0 radical (unpaired) electrons. The van der Waals surface area contributed by atoms with Crippen LogP contribution >= 0.6 is 34.5 Å². The van der Waals surface area contributed by atoms with Gasteiger partial charge in [0.2, 0.25) is 4.80 Å². The Morgan fingerprint density at radius 1 is 0.852 bits per heavy atom. The molecule has 0 unspecified atom stereocenters. The van der Waals surface area contributed by atoms with E-state index in [1.165, 1.54) is 5.56 Å². The molecule has 0 aliphatic heterocycles. The molecule has 0 N–H and O–H groups in total. The first kappa shape index (κ1) is 18.0. The molecule has 0 aliphatic carbocycles. The Balaban J connectivity index is 1.78. The lowest BCUT2D eigenvalue weighted by molar-refractivity contribution is 0.789. The van der Waals surface area contributed by atoms with Crippen molar-refractivity contribution < 1.29 is 0 Å². The number of aromatic nitrogens is 1. The van der Waals surface area contributed by atoms with E-state index in [-0.39, 0.29) is 0 Å². The molecule has 1 aromatic heterocycles. The fourth-order valence-corrected chi connectivity index (χ4v) is 4.27. The summed E-state index contributed by atoms with van der Waals surface area (Å²) in [6, 6.07) is 23.9. The van der Waals surface area contributed by atoms with Crippen LogP contribution in [0.25, 0.3) is 10.2 Å². The minimum Gasteiger partial charge on any atom is -0.311 e. The molecular formula is C21H15Cl2N3S.